The standard InChI is InChI=1S/C17H14BrNO5/c1-11-9-13(19(21)22)10-15(18)17(11)24-14-6-3-12(4-7-14)5-8-16(20)23-2/h3-10H,1-2H3/b8-5+. The van der Waals surface area contributed by atoms with E-state index in [1.165, 1.54) is 25.3 Å². The molecule has 0 aliphatic carbocycles. The summed E-state index contributed by atoms with van der Waals surface area (Å²) >= 11 is 3.29. The molecule has 0 aliphatic rings. The highest BCUT2D eigenvalue weighted by Crippen LogP contribution is 2.36. The van der Waals surface area contributed by atoms with E-state index in [0.29, 0.717) is 21.5 Å². The molecule has 2 aromatic rings. The van der Waals surface area contributed by atoms with Gasteiger partial charge in [0, 0.05) is 18.2 Å². The SMILES string of the molecule is COC(=O)/C=C/c1ccc(Oc2c(C)cc([N+](=O)[O-])cc2Br)cc1. The highest BCUT2D eigenvalue weighted by atomic mass is 79.9. The number of carbonyl (C=O) groups is 1. The predicted molar refractivity (Wildman–Crippen MR) is 93.1 cm³/mol. The van der Waals surface area contributed by atoms with Gasteiger partial charge in [0.2, 0.25) is 0 Å². The molecule has 0 unspecified atom stereocenters. The van der Waals surface area contributed by atoms with Gasteiger partial charge in [0.15, 0.2) is 0 Å². The minimum absolute atomic E-state index is 0.00461. The van der Waals surface area contributed by atoms with Crippen molar-refractivity contribution in [3.63, 3.8) is 0 Å². The summed E-state index contributed by atoms with van der Waals surface area (Å²) in [6.07, 6.45) is 2.95. The van der Waals surface area contributed by atoms with E-state index in [9.17, 15) is 14.9 Å². The van der Waals surface area contributed by atoms with E-state index in [0.717, 1.165) is 5.56 Å². The second-order valence-corrected chi connectivity index (χ2v) is 5.71. The number of hydrogen-bond donors (Lipinski definition) is 0. The highest BCUT2D eigenvalue weighted by molar-refractivity contribution is 9.10. The maximum atomic E-state index is 11.1. The lowest BCUT2D eigenvalue weighted by molar-refractivity contribution is -0.385. The van der Waals surface area contributed by atoms with Crippen molar-refractivity contribution in [2.24, 2.45) is 0 Å². The Labute approximate surface area is 147 Å². The lowest BCUT2D eigenvalue weighted by atomic mass is 10.2. The first-order valence-electron chi connectivity index (χ1n) is 6.89. The minimum atomic E-state index is -0.454. The van der Waals surface area contributed by atoms with E-state index in [2.05, 4.69) is 20.7 Å². The Morgan fingerprint density at radius 3 is 2.46 bits per heavy atom. The zero-order valence-electron chi connectivity index (χ0n) is 13.0. The molecule has 2 aromatic carbocycles. The van der Waals surface area contributed by atoms with Gasteiger partial charge < -0.3 is 9.47 Å². The summed E-state index contributed by atoms with van der Waals surface area (Å²) in [5, 5.41) is 10.8. The molecule has 0 saturated carbocycles. The van der Waals surface area contributed by atoms with Gasteiger partial charge in [0.1, 0.15) is 11.5 Å². The molecule has 0 radical (unpaired) electrons. The van der Waals surface area contributed by atoms with Gasteiger partial charge in [0.25, 0.3) is 5.69 Å². The minimum Gasteiger partial charge on any atom is -0.466 e. The molecule has 6 nitrogen and oxygen atoms in total. The largest absolute Gasteiger partial charge is 0.466 e. The van der Waals surface area contributed by atoms with Gasteiger partial charge in [-0.2, -0.15) is 0 Å². The van der Waals surface area contributed by atoms with Crippen LogP contribution in [0.4, 0.5) is 5.69 Å². The number of rotatable bonds is 5. The summed E-state index contributed by atoms with van der Waals surface area (Å²) in [5.74, 6) is 0.655. The lowest BCUT2D eigenvalue weighted by Gasteiger charge is -2.11. The Bertz CT molecular complexity index is 776. The second-order valence-electron chi connectivity index (χ2n) is 4.86. The van der Waals surface area contributed by atoms with Gasteiger partial charge >= 0.3 is 5.97 Å². The Kier molecular flexibility index (Phi) is 5.70. The van der Waals surface area contributed by atoms with E-state index in [1.807, 2.05) is 0 Å². The number of non-ortho nitro benzene ring substituents is 1. The van der Waals surface area contributed by atoms with E-state index in [4.69, 9.17) is 4.74 Å². The first-order chi connectivity index (χ1) is 11.4. The van der Waals surface area contributed by atoms with Crippen LogP contribution in [-0.4, -0.2) is 18.0 Å². The van der Waals surface area contributed by atoms with Crippen LogP contribution in [-0.2, 0) is 9.53 Å². The van der Waals surface area contributed by atoms with Crippen LogP contribution in [0.15, 0.2) is 46.9 Å². The number of aryl methyl sites for hydroxylation is 1. The number of hydrogen-bond acceptors (Lipinski definition) is 5. The second kappa shape index (κ2) is 7.74. The predicted octanol–water partition coefficient (Wildman–Crippen LogP) is 4.64. The fraction of sp³-hybridized carbons (Fsp3) is 0.118. The molecular formula is C17H14BrNO5. The Hall–Kier alpha value is -2.67. The number of halogens is 1. The summed E-state index contributed by atoms with van der Waals surface area (Å²) in [6, 6.07) is 9.89. The highest BCUT2D eigenvalue weighted by Gasteiger charge is 2.14. The van der Waals surface area contributed by atoms with Gasteiger partial charge in [-0.1, -0.05) is 12.1 Å². The Morgan fingerprint density at radius 2 is 1.92 bits per heavy atom. The number of carbonyl (C=O) groups excluding carboxylic acids is 1. The third-order valence-electron chi connectivity index (χ3n) is 3.14. The maximum Gasteiger partial charge on any atom is 0.330 e. The van der Waals surface area contributed by atoms with E-state index >= 15 is 0 Å². The van der Waals surface area contributed by atoms with Crippen molar-refractivity contribution in [2.45, 2.75) is 6.92 Å². The van der Waals surface area contributed by atoms with Crippen molar-refractivity contribution in [2.75, 3.05) is 7.11 Å². The number of ether oxygens (including phenoxy) is 2. The van der Waals surface area contributed by atoms with E-state index < -0.39 is 10.9 Å². The van der Waals surface area contributed by atoms with Crippen molar-refractivity contribution in [3.05, 3.63) is 68.2 Å². The number of benzene rings is 2. The zero-order chi connectivity index (χ0) is 17.7. The van der Waals surface area contributed by atoms with Gasteiger partial charge in [0.05, 0.1) is 16.5 Å². The number of methoxy groups -OCH3 is 1. The molecule has 124 valence electrons. The summed E-state index contributed by atoms with van der Waals surface area (Å²) < 4.78 is 10.8. The van der Waals surface area contributed by atoms with Crippen LogP contribution in [0, 0.1) is 17.0 Å². The molecule has 0 amide bonds. The normalized spacial score (nSPS) is 10.6. The Morgan fingerprint density at radius 1 is 1.25 bits per heavy atom. The van der Waals surface area contributed by atoms with Crippen LogP contribution in [0.25, 0.3) is 6.08 Å². The third-order valence-corrected chi connectivity index (χ3v) is 3.73. The van der Waals surface area contributed by atoms with Crippen LogP contribution in [0.1, 0.15) is 11.1 Å². The molecule has 0 spiro atoms. The molecule has 0 atom stereocenters. The number of nitro groups is 1. The zero-order valence-corrected chi connectivity index (χ0v) is 14.6. The average molecular weight is 392 g/mol. The van der Waals surface area contributed by atoms with Crippen LogP contribution in [0.3, 0.4) is 0 Å². The summed E-state index contributed by atoms with van der Waals surface area (Å²) in [6.45, 7) is 1.74. The van der Waals surface area contributed by atoms with Crippen LogP contribution in [0.5, 0.6) is 11.5 Å². The first-order valence-corrected chi connectivity index (χ1v) is 7.68. The maximum absolute atomic E-state index is 11.1. The summed E-state index contributed by atoms with van der Waals surface area (Å²) in [5.41, 5.74) is 1.45. The first kappa shape index (κ1) is 17.7. The summed E-state index contributed by atoms with van der Waals surface area (Å²) in [7, 11) is 1.31. The van der Waals surface area contributed by atoms with Crippen molar-refractivity contribution >= 4 is 33.7 Å². The van der Waals surface area contributed by atoms with Crippen molar-refractivity contribution in [1.29, 1.82) is 0 Å². The van der Waals surface area contributed by atoms with Gasteiger partial charge in [-0.05, 0) is 52.2 Å². The molecular weight excluding hydrogens is 378 g/mol. The van der Waals surface area contributed by atoms with Gasteiger partial charge in [-0.15, -0.1) is 0 Å². The molecule has 0 aromatic heterocycles. The van der Waals surface area contributed by atoms with Crippen molar-refractivity contribution in [3.8, 4) is 11.5 Å². The lowest BCUT2D eigenvalue weighted by Crippen LogP contribution is -1.94. The molecule has 0 aliphatic heterocycles. The molecule has 0 saturated heterocycles. The summed E-state index contributed by atoms with van der Waals surface area (Å²) in [4.78, 5) is 21.5. The fourth-order valence-corrected chi connectivity index (χ4v) is 2.57. The molecule has 2 rings (SSSR count). The molecule has 0 bridgehead atoms. The van der Waals surface area contributed by atoms with Crippen LogP contribution >= 0.6 is 15.9 Å². The van der Waals surface area contributed by atoms with Crippen molar-refractivity contribution in [1.82, 2.24) is 0 Å². The quantitative estimate of drug-likeness (QED) is 0.321. The third kappa shape index (κ3) is 4.42. The van der Waals surface area contributed by atoms with Gasteiger partial charge in [-0.25, -0.2) is 4.79 Å². The number of nitrogens with zero attached hydrogens (tertiary/aromatic N) is 1. The van der Waals surface area contributed by atoms with Crippen LogP contribution in [0.2, 0.25) is 0 Å². The number of esters is 1. The monoisotopic (exact) mass is 391 g/mol. The molecule has 24 heavy (non-hydrogen) atoms. The number of nitro benzene ring substituents is 1. The average Bonchev–Trinajstić information content (AvgIpc) is 2.56. The molecule has 0 fully saturated rings. The van der Waals surface area contributed by atoms with Crippen molar-refractivity contribution < 1.29 is 19.2 Å². The van der Waals surface area contributed by atoms with E-state index in [1.54, 1.807) is 37.3 Å². The molecule has 7 heteroatoms. The Balaban J connectivity index is 2.19. The smallest absolute Gasteiger partial charge is 0.330 e. The fourth-order valence-electron chi connectivity index (χ4n) is 1.94. The molecule has 0 heterocycles. The van der Waals surface area contributed by atoms with Crippen LogP contribution < -0.4 is 4.74 Å². The molecule has 0 N–H and O–H groups in total. The topological polar surface area (TPSA) is 78.7 Å². The van der Waals surface area contributed by atoms with Gasteiger partial charge in [-0.3, -0.25) is 10.1 Å². The van der Waals surface area contributed by atoms with E-state index in [-0.39, 0.29) is 5.69 Å².